The van der Waals surface area contributed by atoms with E-state index in [0.717, 1.165) is 61.8 Å². The lowest BCUT2D eigenvalue weighted by Gasteiger charge is -2.32. The normalized spacial score (nSPS) is 16.5. The predicted molar refractivity (Wildman–Crippen MR) is 137 cm³/mol. The third-order valence-corrected chi connectivity index (χ3v) is 9.13. The summed E-state index contributed by atoms with van der Waals surface area (Å²) in [5, 5.41) is 0.794. The first-order chi connectivity index (χ1) is 16.1. The maximum absolute atomic E-state index is 12.7. The minimum atomic E-state index is -0.0194. The number of rotatable bonds is 7. The summed E-state index contributed by atoms with van der Waals surface area (Å²) >= 11 is 3.21. The molecule has 33 heavy (non-hydrogen) atoms. The Balaban J connectivity index is 1.07. The molecular formula is C26H31N3O2S2. The molecule has 1 aliphatic heterocycles. The van der Waals surface area contributed by atoms with Gasteiger partial charge in [-0.2, -0.15) is 0 Å². The Morgan fingerprint density at radius 3 is 2.79 bits per heavy atom. The maximum atomic E-state index is 12.7. The van der Waals surface area contributed by atoms with Gasteiger partial charge in [-0.15, -0.1) is 23.1 Å². The molecule has 3 heterocycles. The van der Waals surface area contributed by atoms with Gasteiger partial charge in [0.25, 0.3) is 5.56 Å². The zero-order valence-corrected chi connectivity index (χ0v) is 20.8. The molecule has 1 saturated heterocycles. The van der Waals surface area contributed by atoms with E-state index in [2.05, 4.69) is 41.2 Å². The molecule has 174 valence electrons. The van der Waals surface area contributed by atoms with Crippen molar-refractivity contribution in [1.29, 1.82) is 0 Å². The van der Waals surface area contributed by atoms with Crippen LogP contribution in [0.25, 0.3) is 10.2 Å². The number of H-pyrrole nitrogens is 1. The molecule has 0 bridgehead atoms. The molecule has 1 amide bonds. The topological polar surface area (TPSA) is 66.1 Å². The molecule has 1 fully saturated rings. The van der Waals surface area contributed by atoms with Gasteiger partial charge in [-0.1, -0.05) is 29.8 Å². The molecule has 2 aromatic heterocycles. The standard InChI is InChI=1S/C26H31N3O2S2/c1-17-5-7-18(8-6-17)9-10-19-11-13-29(14-12-19)23(30)16-32-15-22-27-25(31)24-20-3-2-4-21(20)33-26(24)28-22/h5-8,19H,2-4,9-16H2,1H3,(H,27,28,31). The van der Waals surface area contributed by atoms with E-state index in [1.807, 2.05) is 4.90 Å². The van der Waals surface area contributed by atoms with Gasteiger partial charge in [0.2, 0.25) is 5.91 Å². The number of aromatic amines is 1. The molecule has 0 spiro atoms. The van der Waals surface area contributed by atoms with Gasteiger partial charge >= 0.3 is 0 Å². The summed E-state index contributed by atoms with van der Waals surface area (Å²) in [5.41, 5.74) is 3.91. The molecule has 7 heteroatoms. The van der Waals surface area contributed by atoms with E-state index in [1.165, 1.54) is 28.0 Å². The third-order valence-electron chi connectivity index (χ3n) is 7.02. The van der Waals surface area contributed by atoms with Crippen molar-refractivity contribution in [2.45, 2.75) is 57.6 Å². The van der Waals surface area contributed by atoms with Crippen LogP contribution in [0.15, 0.2) is 29.1 Å². The van der Waals surface area contributed by atoms with E-state index in [9.17, 15) is 9.59 Å². The van der Waals surface area contributed by atoms with Crippen molar-refractivity contribution in [3.8, 4) is 0 Å². The molecular weight excluding hydrogens is 450 g/mol. The number of carbonyl (C=O) groups is 1. The first kappa shape index (κ1) is 22.7. The second kappa shape index (κ2) is 10.0. The first-order valence-corrected chi connectivity index (χ1v) is 14.0. The Morgan fingerprint density at radius 1 is 1.21 bits per heavy atom. The number of amides is 1. The lowest BCUT2D eigenvalue weighted by molar-refractivity contribution is -0.129. The number of fused-ring (bicyclic) bond motifs is 3. The van der Waals surface area contributed by atoms with Crippen molar-refractivity contribution in [1.82, 2.24) is 14.9 Å². The molecule has 2 aliphatic rings. The van der Waals surface area contributed by atoms with E-state index in [4.69, 9.17) is 0 Å². The molecule has 0 atom stereocenters. The van der Waals surface area contributed by atoms with Crippen LogP contribution in [-0.2, 0) is 29.8 Å². The number of aryl methyl sites for hydroxylation is 4. The molecule has 5 nitrogen and oxygen atoms in total. The van der Waals surface area contributed by atoms with E-state index in [0.29, 0.717) is 23.2 Å². The molecule has 1 aliphatic carbocycles. The van der Waals surface area contributed by atoms with Gasteiger partial charge in [-0.05, 0) is 68.9 Å². The Kier molecular flexibility index (Phi) is 6.88. The Labute approximate surface area is 203 Å². The van der Waals surface area contributed by atoms with Gasteiger partial charge < -0.3 is 9.88 Å². The fourth-order valence-electron chi connectivity index (χ4n) is 5.04. The van der Waals surface area contributed by atoms with Gasteiger partial charge in [0, 0.05) is 18.0 Å². The summed E-state index contributed by atoms with van der Waals surface area (Å²) in [6.45, 7) is 3.84. The smallest absolute Gasteiger partial charge is 0.259 e. The molecule has 0 radical (unpaired) electrons. The van der Waals surface area contributed by atoms with Crippen LogP contribution in [0.2, 0.25) is 0 Å². The fourth-order valence-corrected chi connectivity index (χ4v) is 7.11. The number of piperidine rings is 1. The molecule has 1 N–H and O–H groups in total. The highest BCUT2D eigenvalue weighted by atomic mass is 32.2. The van der Waals surface area contributed by atoms with E-state index in [1.54, 1.807) is 23.1 Å². The lowest BCUT2D eigenvalue weighted by Crippen LogP contribution is -2.39. The highest BCUT2D eigenvalue weighted by Crippen LogP contribution is 2.34. The van der Waals surface area contributed by atoms with Gasteiger partial charge in [0.15, 0.2) is 0 Å². The average molecular weight is 482 g/mol. The predicted octanol–water partition coefficient (Wildman–Crippen LogP) is 4.89. The number of likely N-dealkylation sites (tertiary alicyclic amines) is 1. The zero-order chi connectivity index (χ0) is 22.8. The molecule has 5 rings (SSSR count). The van der Waals surface area contributed by atoms with E-state index >= 15 is 0 Å². The van der Waals surface area contributed by atoms with Crippen LogP contribution in [0.4, 0.5) is 0 Å². The number of benzene rings is 1. The van der Waals surface area contributed by atoms with Crippen molar-refractivity contribution < 1.29 is 4.79 Å². The minimum absolute atomic E-state index is 0.0194. The van der Waals surface area contributed by atoms with Crippen molar-refractivity contribution in [3.05, 3.63) is 62.0 Å². The Bertz CT molecular complexity index is 1190. The zero-order valence-electron chi connectivity index (χ0n) is 19.2. The van der Waals surface area contributed by atoms with Crippen LogP contribution in [0.3, 0.4) is 0 Å². The van der Waals surface area contributed by atoms with Gasteiger partial charge in [0.1, 0.15) is 10.7 Å². The van der Waals surface area contributed by atoms with Gasteiger partial charge in [-0.3, -0.25) is 9.59 Å². The summed E-state index contributed by atoms with van der Waals surface area (Å²) in [7, 11) is 0. The summed E-state index contributed by atoms with van der Waals surface area (Å²) in [5.74, 6) is 2.59. The monoisotopic (exact) mass is 481 g/mol. The van der Waals surface area contributed by atoms with Crippen LogP contribution in [-0.4, -0.2) is 39.6 Å². The Morgan fingerprint density at radius 2 is 2.00 bits per heavy atom. The number of thiophene rings is 1. The highest BCUT2D eigenvalue weighted by Gasteiger charge is 2.23. The summed E-state index contributed by atoms with van der Waals surface area (Å²) in [4.78, 5) is 37.1. The molecule has 3 aromatic rings. The van der Waals surface area contributed by atoms with E-state index < -0.39 is 0 Å². The van der Waals surface area contributed by atoms with Crippen molar-refractivity contribution in [2.75, 3.05) is 18.8 Å². The second-order valence-electron chi connectivity index (χ2n) is 9.39. The summed E-state index contributed by atoms with van der Waals surface area (Å²) in [6.07, 6.45) is 7.71. The van der Waals surface area contributed by atoms with E-state index in [-0.39, 0.29) is 11.5 Å². The number of nitrogens with one attached hydrogen (secondary N) is 1. The number of carbonyl (C=O) groups excluding carboxylic acids is 1. The van der Waals surface area contributed by atoms with Gasteiger partial charge in [-0.25, -0.2) is 4.98 Å². The number of thioether (sulfide) groups is 1. The van der Waals surface area contributed by atoms with Gasteiger partial charge in [0.05, 0.1) is 16.9 Å². The van der Waals surface area contributed by atoms with Crippen molar-refractivity contribution in [2.24, 2.45) is 5.92 Å². The van der Waals surface area contributed by atoms with Crippen LogP contribution in [0.5, 0.6) is 0 Å². The Hall–Kier alpha value is -2.12. The molecule has 0 saturated carbocycles. The quantitative estimate of drug-likeness (QED) is 0.522. The maximum Gasteiger partial charge on any atom is 0.259 e. The van der Waals surface area contributed by atoms with Crippen LogP contribution < -0.4 is 5.56 Å². The lowest BCUT2D eigenvalue weighted by atomic mass is 9.90. The fraction of sp³-hybridized carbons (Fsp3) is 0.500. The summed E-state index contributed by atoms with van der Waals surface area (Å²) < 4.78 is 0. The highest BCUT2D eigenvalue weighted by molar-refractivity contribution is 7.99. The average Bonchev–Trinajstić information content (AvgIpc) is 3.40. The number of hydrogen-bond donors (Lipinski definition) is 1. The molecule has 0 unspecified atom stereocenters. The second-order valence-corrected chi connectivity index (χ2v) is 11.5. The molecule has 1 aromatic carbocycles. The number of aromatic nitrogens is 2. The van der Waals surface area contributed by atoms with Crippen molar-refractivity contribution in [3.63, 3.8) is 0 Å². The van der Waals surface area contributed by atoms with Crippen LogP contribution in [0, 0.1) is 12.8 Å². The summed E-state index contributed by atoms with van der Waals surface area (Å²) in [6, 6.07) is 8.83. The first-order valence-electron chi connectivity index (χ1n) is 12.0. The SMILES string of the molecule is Cc1ccc(CCC2CCN(C(=O)CSCc3nc4sc5c(c4c(=O)[nH]3)CCC5)CC2)cc1. The number of hydrogen-bond acceptors (Lipinski definition) is 5. The third kappa shape index (κ3) is 5.19. The number of nitrogens with zero attached hydrogens (tertiary/aromatic N) is 2. The van der Waals surface area contributed by atoms with Crippen LogP contribution in [0.1, 0.15) is 53.1 Å². The minimum Gasteiger partial charge on any atom is -0.342 e. The van der Waals surface area contributed by atoms with Crippen molar-refractivity contribution >= 4 is 39.2 Å². The largest absolute Gasteiger partial charge is 0.342 e. The van der Waals surface area contributed by atoms with Crippen LogP contribution >= 0.6 is 23.1 Å².